The summed E-state index contributed by atoms with van der Waals surface area (Å²) >= 11 is 0. The van der Waals surface area contributed by atoms with Crippen molar-refractivity contribution >= 4 is 28.7 Å². The maximum Gasteiger partial charge on any atom is 0.433 e. The van der Waals surface area contributed by atoms with Gasteiger partial charge in [-0.1, -0.05) is 6.07 Å². The van der Waals surface area contributed by atoms with Crippen LogP contribution in [0.15, 0.2) is 54.9 Å². The summed E-state index contributed by atoms with van der Waals surface area (Å²) in [6, 6.07) is 12.1. The summed E-state index contributed by atoms with van der Waals surface area (Å²) in [7, 11) is 0. The van der Waals surface area contributed by atoms with Gasteiger partial charge in [0.25, 0.3) is 0 Å². The zero-order valence-corrected chi connectivity index (χ0v) is 16.8. The molecule has 0 unspecified atom stereocenters. The van der Waals surface area contributed by atoms with Crippen LogP contribution in [0.1, 0.15) is 18.5 Å². The van der Waals surface area contributed by atoms with Gasteiger partial charge in [-0.15, -0.1) is 5.10 Å². The molecule has 9 nitrogen and oxygen atoms in total. The van der Waals surface area contributed by atoms with Crippen LogP contribution in [0.4, 0.5) is 30.5 Å². The van der Waals surface area contributed by atoms with Crippen LogP contribution in [0.2, 0.25) is 0 Å². The second-order valence-corrected chi connectivity index (χ2v) is 6.79. The highest BCUT2D eigenvalue weighted by molar-refractivity contribution is 5.90. The number of pyridine rings is 2. The Bertz CT molecular complexity index is 1360. The van der Waals surface area contributed by atoms with Crippen LogP contribution in [0.5, 0.6) is 0 Å². The molecule has 4 heterocycles. The molecule has 0 fully saturated rings. The van der Waals surface area contributed by atoms with E-state index in [1.807, 2.05) is 6.07 Å². The van der Waals surface area contributed by atoms with E-state index in [0.717, 1.165) is 6.07 Å². The number of hydrogen-bond acceptors (Lipinski definition) is 7. The molecular weight excluding hydrogens is 437 g/mol. The van der Waals surface area contributed by atoms with E-state index in [4.69, 9.17) is 5.26 Å². The SMILES string of the molecule is N#CCCC(=O)Nc1cc(Nc2nc(-c3cccc(C(F)(F)F)n3)nn3cccc23)ccn1. The second-order valence-electron chi connectivity index (χ2n) is 6.79. The largest absolute Gasteiger partial charge is 0.433 e. The lowest BCUT2D eigenvalue weighted by Gasteiger charge is -2.11. The molecule has 12 heteroatoms. The molecule has 4 rings (SSSR count). The molecule has 0 bridgehead atoms. The van der Waals surface area contributed by atoms with Crippen LogP contribution in [0.3, 0.4) is 0 Å². The highest BCUT2D eigenvalue weighted by Gasteiger charge is 2.32. The van der Waals surface area contributed by atoms with Crippen molar-refractivity contribution in [2.45, 2.75) is 19.0 Å². The predicted octanol–water partition coefficient (Wildman–Crippen LogP) is 4.19. The molecule has 2 N–H and O–H groups in total. The highest BCUT2D eigenvalue weighted by Crippen LogP contribution is 2.29. The van der Waals surface area contributed by atoms with Gasteiger partial charge in [0.05, 0.1) is 6.07 Å². The molecule has 166 valence electrons. The standard InChI is InChI=1S/C21H15F3N8O/c22-21(23,24)16-6-1-4-14(28-16)19-30-20(15-5-3-11-32(15)31-19)27-13-8-10-26-17(12-13)29-18(33)7-2-9-25/h1,3-6,8,10-12H,2,7H2,(H2,26,27,29,30,31,33). The number of aromatic nitrogens is 5. The minimum atomic E-state index is -4.60. The number of hydrogen-bond donors (Lipinski definition) is 2. The van der Waals surface area contributed by atoms with Gasteiger partial charge in [0, 0.05) is 37.0 Å². The first-order chi connectivity index (χ1) is 15.8. The van der Waals surface area contributed by atoms with Gasteiger partial charge in [0.2, 0.25) is 11.7 Å². The normalized spacial score (nSPS) is 11.2. The summed E-state index contributed by atoms with van der Waals surface area (Å²) in [6.45, 7) is 0. The van der Waals surface area contributed by atoms with Crippen LogP contribution in [0, 0.1) is 11.3 Å². The molecule has 0 atom stereocenters. The molecule has 0 aliphatic rings. The number of carbonyl (C=O) groups excluding carboxylic acids is 1. The molecule has 0 aliphatic heterocycles. The lowest BCUT2D eigenvalue weighted by molar-refractivity contribution is -0.141. The molecule has 4 aromatic rings. The van der Waals surface area contributed by atoms with Gasteiger partial charge in [0.15, 0.2) is 5.82 Å². The Kier molecular flexibility index (Phi) is 5.86. The van der Waals surface area contributed by atoms with Crippen molar-refractivity contribution in [1.82, 2.24) is 24.6 Å². The van der Waals surface area contributed by atoms with Crippen molar-refractivity contribution in [1.29, 1.82) is 5.26 Å². The molecule has 1 amide bonds. The monoisotopic (exact) mass is 452 g/mol. The molecule has 33 heavy (non-hydrogen) atoms. The molecule has 0 saturated carbocycles. The Morgan fingerprint density at radius 2 is 2.00 bits per heavy atom. The number of anilines is 3. The molecule has 0 aliphatic carbocycles. The summed E-state index contributed by atoms with van der Waals surface area (Å²) in [5.41, 5.74) is 0.00718. The highest BCUT2D eigenvalue weighted by atomic mass is 19.4. The van der Waals surface area contributed by atoms with Gasteiger partial charge in [-0.3, -0.25) is 4.79 Å². The summed E-state index contributed by atoms with van der Waals surface area (Å²) < 4.78 is 40.7. The fourth-order valence-corrected chi connectivity index (χ4v) is 2.94. The van der Waals surface area contributed by atoms with E-state index in [1.165, 1.54) is 22.8 Å². The minimum absolute atomic E-state index is 0.00798. The average molecular weight is 452 g/mol. The third-order valence-corrected chi connectivity index (χ3v) is 4.41. The predicted molar refractivity (Wildman–Crippen MR) is 112 cm³/mol. The fraction of sp³-hybridized carbons (Fsp3) is 0.143. The third-order valence-electron chi connectivity index (χ3n) is 4.41. The first-order valence-corrected chi connectivity index (χ1v) is 9.63. The van der Waals surface area contributed by atoms with Gasteiger partial charge < -0.3 is 10.6 Å². The van der Waals surface area contributed by atoms with Gasteiger partial charge in [-0.2, -0.15) is 18.4 Å². The summed E-state index contributed by atoms with van der Waals surface area (Å²) in [5, 5.41) is 18.5. The smallest absolute Gasteiger partial charge is 0.338 e. The first-order valence-electron chi connectivity index (χ1n) is 9.63. The Morgan fingerprint density at radius 1 is 1.15 bits per heavy atom. The van der Waals surface area contributed by atoms with Crippen molar-refractivity contribution in [2.75, 3.05) is 10.6 Å². The van der Waals surface area contributed by atoms with Gasteiger partial charge in [-0.25, -0.2) is 19.5 Å². The molecule has 0 aromatic carbocycles. The number of fused-ring (bicyclic) bond motifs is 1. The molecule has 0 spiro atoms. The van der Waals surface area contributed by atoms with Gasteiger partial charge in [-0.05, 0) is 30.3 Å². The number of rotatable bonds is 6. The number of halogens is 3. The Balaban J connectivity index is 1.66. The first kappa shape index (κ1) is 21.7. The zero-order valence-electron chi connectivity index (χ0n) is 16.8. The zero-order chi connectivity index (χ0) is 23.4. The van der Waals surface area contributed by atoms with Crippen molar-refractivity contribution in [3.8, 4) is 17.6 Å². The number of nitriles is 1. The van der Waals surface area contributed by atoms with E-state index in [9.17, 15) is 18.0 Å². The fourth-order valence-electron chi connectivity index (χ4n) is 2.94. The Labute approximate surface area is 184 Å². The Hall–Kier alpha value is -4.53. The van der Waals surface area contributed by atoms with Crippen LogP contribution < -0.4 is 10.6 Å². The number of nitrogens with one attached hydrogen (secondary N) is 2. The van der Waals surface area contributed by atoms with Crippen LogP contribution >= 0.6 is 0 Å². The number of alkyl halides is 3. The quantitative estimate of drug-likeness (QED) is 0.450. The van der Waals surface area contributed by atoms with E-state index < -0.39 is 11.9 Å². The van der Waals surface area contributed by atoms with E-state index in [-0.39, 0.29) is 36.1 Å². The van der Waals surface area contributed by atoms with E-state index in [2.05, 4.69) is 30.7 Å². The van der Waals surface area contributed by atoms with Gasteiger partial charge >= 0.3 is 6.18 Å². The van der Waals surface area contributed by atoms with E-state index in [0.29, 0.717) is 17.0 Å². The minimum Gasteiger partial charge on any atom is -0.338 e. The van der Waals surface area contributed by atoms with Gasteiger partial charge in [0.1, 0.15) is 22.7 Å². The van der Waals surface area contributed by atoms with Crippen LogP contribution in [-0.2, 0) is 11.0 Å². The average Bonchev–Trinajstić information content (AvgIpc) is 3.26. The number of amides is 1. The van der Waals surface area contributed by atoms with Crippen LogP contribution in [-0.4, -0.2) is 30.5 Å². The van der Waals surface area contributed by atoms with E-state index in [1.54, 1.807) is 30.5 Å². The van der Waals surface area contributed by atoms with Crippen molar-refractivity contribution in [3.05, 3.63) is 60.6 Å². The topological polar surface area (TPSA) is 121 Å². The lowest BCUT2D eigenvalue weighted by atomic mass is 10.3. The van der Waals surface area contributed by atoms with E-state index >= 15 is 0 Å². The lowest BCUT2D eigenvalue weighted by Crippen LogP contribution is -2.12. The summed E-state index contributed by atoms with van der Waals surface area (Å²) in [6.07, 6.45) is -1.37. The molecule has 0 radical (unpaired) electrons. The van der Waals surface area contributed by atoms with Crippen molar-refractivity contribution in [3.63, 3.8) is 0 Å². The summed E-state index contributed by atoms with van der Waals surface area (Å²) in [4.78, 5) is 23.9. The molecule has 4 aromatic heterocycles. The third kappa shape index (κ3) is 5.04. The van der Waals surface area contributed by atoms with Crippen LogP contribution in [0.25, 0.3) is 17.0 Å². The maximum atomic E-state index is 13.1. The second kappa shape index (κ2) is 8.91. The Morgan fingerprint density at radius 3 is 2.79 bits per heavy atom. The molecular formula is C21H15F3N8O. The van der Waals surface area contributed by atoms with Crippen molar-refractivity contribution < 1.29 is 18.0 Å². The molecule has 0 saturated heterocycles. The van der Waals surface area contributed by atoms with Crippen molar-refractivity contribution in [2.24, 2.45) is 0 Å². The summed E-state index contributed by atoms with van der Waals surface area (Å²) in [5.74, 6) is 0.224. The number of carbonyl (C=O) groups is 1. The maximum absolute atomic E-state index is 13.1. The number of nitrogens with zero attached hydrogens (tertiary/aromatic N) is 6.